The van der Waals surface area contributed by atoms with Gasteiger partial charge in [0.15, 0.2) is 0 Å². The van der Waals surface area contributed by atoms with Crippen LogP contribution in [0.4, 0.5) is 4.39 Å². The van der Waals surface area contributed by atoms with Crippen molar-refractivity contribution >= 4 is 11.9 Å². The molecule has 2 aliphatic rings. The molecule has 1 aliphatic carbocycles. The van der Waals surface area contributed by atoms with Gasteiger partial charge in [0.1, 0.15) is 30.2 Å². The number of halogens is 1. The highest BCUT2D eigenvalue weighted by molar-refractivity contribution is 5.97. The molecule has 4 rings (SSSR count). The van der Waals surface area contributed by atoms with Crippen molar-refractivity contribution in [1.82, 2.24) is 19.7 Å². The Morgan fingerprint density at radius 2 is 2.04 bits per heavy atom. The van der Waals surface area contributed by atoms with Gasteiger partial charge in [-0.15, -0.1) is 0 Å². The van der Waals surface area contributed by atoms with Crippen LogP contribution in [0.3, 0.4) is 0 Å². The van der Waals surface area contributed by atoms with E-state index in [0.29, 0.717) is 6.42 Å². The number of hydrogen-bond donors (Lipinski definition) is 1. The summed E-state index contributed by atoms with van der Waals surface area (Å²) in [7, 11) is 0. The monoisotopic (exact) mass is 358 g/mol. The van der Waals surface area contributed by atoms with Gasteiger partial charge in [-0.25, -0.2) is 18.9 Å². The second-order valence-corrected chi connectivity index (χ2v) is 6.92. The molecule has 1 aromatic heterocycles. The molecule has 0 bridgehead atoms. The Bertz CT molecular complexity index is 839. The average Bonchev–Trinajstić information content (AvgIpc) is 3.28. The summed E-state index contributed by atoms with van der Waals surface area (Å²) in [5.41, 5.74) is 0.342. The number of rotatable bonds is 3. The fourth-order valence-corrected chi connectivity index (χ4v) is 4.28. The Morgan fingerprint density at radius 3 is 2.73 bits per heavy atom. The molecule has 1 saturated carbocycles. The normalized spacial score (nSPS) is 25.1. The Hall–Kier alpha value is -2.77. The van der Waals surface area contributed by atoms with Crippen LogP contribution in [-0.4, -0.2) is 48.7 Å². The molecule has 1 aliphatic heterocycles. The van der Waals surface area contributed by atoms with Crippen LogP contribution in [0, 0.1) is 11.7 Å². The lowest BCUT2D eigenvalue weighted by Gasteiger charge is -2.33. The van der Waals surface area contributed by atoms with E-state index in [1.807, 2.05) is 0 Å². The van der Waals surface area contributed by atoms with Gasteiger partial charge in [0, 0.05) is 11.6 Å². The van der Waals surface area contributed by atoms with E-state index in [9.17, 15) is 19.1 Å². The van der Waals surface area contributed by atoms with Gasteiger partial charge in [0.2, 0.25) is 0 Å². The van der Waals surface area contributed by atoms with Gasteiger partial charge in [0.05, 0.1) is 0 Å². The molecule has 3 atom stereocenters. The summed E-state index contributed by atoms with van der Waals surface area (Å²) in [5, 5.41) is 13.4. The van der Waals surface area contributed by atoms with E-state index in [-0.39, 0.29) is 23.2 Å². The van der Waals surface area contributed by atoms with E-state index in [1.54, 1.807) is 0 Å². The second kappa shape index (κ2) is 6.51. The minimum absolute atomic E-state index is 0.0737. The van der Waals surface area contributed by atoms with E-state index in [2.05, 4.69) is 10.1 Å². The first-order valence-corrected chi connectivity index (χ1v) is 8.76. The highest BCUT2D eigenvalue weighted by atomic mass is 19.1. The van der Waals surface area contributed by atoms with Crippen molar-refractivity contribution in [1.29, 1.82) is 0 Å². The summed E-state index contributed by atoms with van der Waals surface area (Å²) in [6.45, 7) is 0. The van der Waals surface area contributed by atoms with Crippen LogP contribution < -0.4 is 0 Å². The van der Waals surface area contributed by atoms with Crippen molar-refractivity contribution in [3.05, 3.63) is 42.2 Å². The fourth-order valence-electron chi connectivity index (χ4n) is 4.28. The first-order valence-electron chi connectivity index (χ1n) is 8.76. The second-order valence-electron chi connectivity index (χ2n) is 6.92. The lowest BCUT2D eigenvalue weighted by Crippen LogP contribution is -2.46. The number of nitrogens with zero attached hydrogens (tertiary/aromatic N) is 4. The fraction of sp³-hybridized carbons (Fsp3) is 0.444. The number of fused-ring (bicyclic) bond motifs is 1. The number of benzene rings is 1. The number of amides is 1. The molecule has 8 heteroatoms. The van der Waals surface area contributed by atoms with Gasteiger partial charge in [0.25, 0.3) is 5.91 Å². The third-order valence-electron chi connectivity index (χ3n) is 5.47. The van der Waals surface area contributed by atoms with Crippen LogP contribution in [0.25, 0.3) is 5.69 Å². The summed E-state index contributed by atoms with van der Waals surface area (Å²) >= 11 is 0. The molecule has 7 nitrogen and oxygen atoms in total. The maximum Gasteiger partial charge on any atom is 0.326 e. The van der Waals surface area contributed by atoms with Gasteiger partial charge in [-0.3, -0.25) is 4.79 Å². The minimum atomic E-state index is -0.993. The van der Waals surface area contributed by atoms with E-state index in [4.69, 9.17) is 0 Å². The number of likely N-dealkylation sites (tertiary alicyclic amines) is 1. The Labute approximate surface area is 149 Å². The van der Waals surface area contributed by atoms with E-state index < -0.39 is 23.7 Å². The molecule has 136 valence electrons. The third-order valence-corrected chi connectivity index (χ3v) is 5.47. The van der Waals surface area contributed by atoms with Crippen molar-refractivity contribution in [3.63, 3.8) is 0 Å². The number of aromatic nitrogens is 3. The number of carboxylic acids is 1. The molecule has 1 saturated heterocycles. The van der Waals surface area contributed by atoms with Crippen LogP contribution in [-0.2, 0) is 4.79 Å². The molecular weight excluding hydrogens is 339 g/mol. The predicted octanol–water partition coefficient (Wildman–Crippen LogP) is 2.26. The molecule has 1 aromatic carbocycles. The van der Waals surface area contributed by atoms with Crippen LogP contribution in [0.1, 0.15) is 42.5 Å². The minimum Gasteiger partial charge on any atom is -0.480 e. The number of carbonyl (C=O) groups is 2. The zero-order chi connectivity index (χ0) is 18.3. The smallest absolute Gasteiger partial charge is 0.326 e. The van der Waals surface area contributed by atoms with E-state index >= 15 is 0 Å². The quantitative estimate of drug-likeness (QED) is 0.909. The molecule has 0 spiro atoms. The topological polar surface area (TPSA) is 88.3 Å². The number of carboxylic acid groups (broad SMARTS) is 1. The molecule has 1 amide bonds. The molecule has 2 heterocycles. The standard InChI is InChI=1S/C18H19FN4O3/c19-13-7-12(5-6-15(13)22-10-20-9-21-22)17(24)23-14-4-2-1-3-11(14)8-16(23)18(25)26/h5-7,9-11,14,16H,1-4,8H2,(H,25,26)/t11-,14-,16+/m1/s1. The van der Waals surface area contributed by atoms with Crippen molar-refractivity contribution in [3.8, 4) is 5.69 Å². The van der Waals surface area contributed by atoms with Crippen molar-refractivity contribution in [2.24, 2.45) is 5.92 Å². The van der Waals surface area contributed by atoms with Crippen LogP contribution in [0.2, 0.25) is 0 Å². The summed E-state index contributed by atoms with van der Waals surface area (Å²) in [6.07, 6.45) is 6.94. The SMILES string of the molecule is O=C(O)[C@@H]1C[C@H]2CCCC[C@H]2N1C(=O)c1ccc(-n2cncn2)c(F)c1. The van der Waals surface area contributed by atoms with Crippen LogP contribution in [0.15, 0.2) is 30.9 Å². The Balaban J connectivity index is 1.65. The summed E-state index contributed by atoms with van der Waals surface area (Å²) < 4.78 is 15.7. The number of carbonyl (C=O) groups excluding carboxylic acids is 1. The van der Waals surface area contributed by atoms with Crippen molar-refractivity contribution in [2.75, 3.05) is 0 Å². The Morgan fingerprint density at radius 1 is 1.23 bits per heavy atom. The van der Waals surface area contributed by atoms with Gasteiger partial charge in [-0.05, 0) is 43.4 Å². The maximum absolute atomic E-state index is 14.5. The lowest BCUT2D eigenvalue weighted by atomic mass is 9.84. The van der Waals surface area contributed by atoms with Crippen LogP contribution >= 0.6 is 0 Å². The summed E-state index contributed by atoms with van der Waals surface area (Å²) in [5.74, 6) is -1.80. The molecule has 26 heavy (non-hydrogen) atoms. The van der Waals surface area contributed by atoms with Gasteiger partial charge in [-0.2, -0.15) is 5.10 Å². The average molecular weight is 358 g/mol. The van der Waals surface area contributed by atoms with Crippen LogP contribution in [0.5, 0.6) is 0 Å². The first-order chi connectivity index (χ1) is 12.6. The first kappa shape index (κ1) is 16.7. The molecule has 0 unspecified atom stereocenters. The zero-order valence-electron chi connectivity index (χ0n) is 14.1. The third kappa shape index (κ3) is 2.75. The Kier molecular flexibility index (Phi) is 4.18. The molecular formula is C18H19FN4O3. The van der Waals surface area contributed by atoms with E-state index in [0.717, 1.165) is 31.7 Å². The molecule has 2 fully saturated rings. The number of aliphatic carboxylic acids is 1. The highest BCUT2D eigenvalue weighted by Crippen LogP contribution is 2.40. The summed E-state index contributed by atoms with van der Waals surface area (Å²) in [6, 6.07) is 3.21. The molecule has 2 aromatic rings. The van der Waals surface area contributed by atoms with E-state index in [1.165, 1.54) is 34.4 Å². The predicted molar refractivity (Wildman–Crippen MR) is 89.3 cm³/mol. The van der Waals surface area contributed by atoms with Gasteiger partial charge < -0.3 is 10.0 Å². The zero-order valence-corrected chi connectivity index (χ0v) is 14.1. The lowest BCUT2D eigenvalue weighted by molar-refractivity contribution is -0.141. The maximum atomic E-state index is 14.5. The van der Waals surface area contributed by atoms with Gasteiger partial charge >= 0.3 is 5.97 Å². The number of hydrogen-bond acceptors (Lipinski definition) is 4. The molecule has 0 radical (unpaired) electrons. The van der Waals surface area contributed by atoms with Crippen molar-refractivity contribution in [2.45, 2.75) is 44.2 Å². The highest BCUT2D eigenvalue weighted by Gasteiger charge is 2.47. The molecule has 1 N–H and O–H groups in total. The van der Waals surface area contributed by atoms with Crippen molar-refractivity contribution < 1.29 is 19.1 Å². The summed E-state index contributed by atoms with van der Waals surface area (Å²) in [4.78, 5) is 30.0. The van der Waals surface area contributed by atoms with Gasteiger partial charge in [-0.1, -0.05) is 12.8 Å². The largest absolute Gasteiger partial charge is 0.480 e.